The van der Waals surface area contributed by atoms with E-state index in [9.17, 15) is 0 Å². The molecule has 1 aromatic heterocycles. The van der Waals surface area contributed by atoms with Gasteiger partial charge in [-0.3, -0.25) is 0 Å². The molecular formula is C25H32N+. The zero-order valence-electron chi connectivity index (χ0n) is 22.8. The summed E-state index contributed by atoms with van der Waals surface area (Å²) >= 11 is 0. The van der Waals surface area contributed by atoms with E-state index >= 15 is 0 Å². The first-order chi connectivity index (χ1) is 14.5. The third-order valence-corrected chi connectivity index (χ3v) is 5.19. The summed E-state index contributed by atoms with van der Waals surface area (Å²) in [7, 11) is 1.76. The van der Waals surface area contributed by atoms with Crippen molar-refractivity contribution in [3.8, 4) is 11.3 Å². The summed E-state index contributed by atoms with van der Waals surface area (Å²) in [6.07, 6.45) is 0.0884. The van der Waals surface area contributed by atoms with E-state index < -0.39 is 12.7 Å². The molecule has 3 aromatic rings. The second kappa shape index (κ2) is 6.54. The first kappa shape index (κ1) is 12.3. The molecule has 0 spiro atoms. The van der Waals surface area contributed by atoms with Crippen LogP contribution in [0, 0.1) is 13.8 Å². The minimum absolute atomic E-state index is 0.0884. The van der Waals surface area contributed by atoms with Gasteiger partial charge in [0.2, 0.25) is 5.69 Å². The Morgan fingerprint density at radius 2 is 1.88 bits per heavy atom. The van der Waals surface area contributed by atoms with Gasteiger partial charge in [-0.05, 0) is 64.9 Å². The van der Waals surface area contributed by atoms with E-state index in [0.29, 0.717) is 10.9 Å². The fraction of sp³-hybridized carbons (Fsp3) is 0.400. The molecule has 2 aromatic carbocycles. The maximum atomic E-state index is 8.60. The summed E-state index contributed by atoms with van der Waals surface area (Å²) in [6, 6.07) is 9.75. The lowest BCUT2D eigenvalue weighted by atomic mass is 9.85. The maximum absolute atomic E-state index is 8.60. The van der Waals surface area contributed by atoms with Crippen molar-refractivity contribution in [3.05, 3.63) is 64.8 Å². The Hall–Kier alpha value is -2.15. The van der Waals surface area contributed by atoms with Crippen LogP contribution in [0.5, 0.6) is 0 Å². The molecule has 0 aliphatic rings. The molecule has 0 aliphatic heterocycles. The van der Waals surface area contributed by atoms with Crippen molar-refractivity contribution < 1.29 is 12.8 Å². The second-order valence-electron chi connectivity index (χ2n) is 8.25. The zero-order chi connectivity index (χ0) is 24.4. The molecule has 1 heteroatoms. The van der Waals surface area contributed by atoms with Crippen LogP contribution < -0.4 is 4.57 Å². The topological polar surface area (TPSA) is 3.88 Å². The Morgan fingerprint density at radius 1 is 1.15 bits per heavy atom. The molecule has 0 fully saturated rings. The molecule has 3 rings (SSSR count). The van der Waals surface area contributed by atoms with E-state index in [1.807, 2.05) is 26.0 Å². The van der Waals surface area contributed by atoms with Crippen LogP contribution in [-0.2, 0) is 12.5 Å². The van der Waals surface area contributed by atoms with E-state index in [-0.39, 0.29) is 17.6 Å². The number of pyridine rings is 1. The van der Waals surface area contributed by atoms with E-state index in [4.69, 9.17) is 8.22 Å². The molecule has 26 heavy (non-hydrogen) atoms. The SMILES string of the molecule is [2H]c1c([2H])[n+](C)c(-c2cc(C([2H])(C)C([2H])([2H])[2H])cc(C)c2C)c2ccc(C(C)(C)C)cc12. The summed E-state index contributed by atoms with van der Waals surface area (Å²) in [5.74, 6) is -1.77. The standard InChI is InChI=1S/C25H32N/c1-16(2)20-13-17(3)18(4)23(15-20)24-22-10-9-21(25(5,6)7)14-19(22)11-12-26(24)8/h9-16H,1-8H3/q+1/i1D3,11D,12D,16D. The molecule has 0 N–H and O–H groups in total. The highest BCUT2D eigenvalue weighted by Crippen LogP contribution is 2.34. The van der Waals surface area contributed by atoms with Crippen molar-refractivity contribution in [2.24, 2.45) is 7.05 Å². The lowest BCUT2D eigenvalue weighted by Crippen LogP contribution is -2.31. The number of fused-ring (bicyclic) bond motifs is 1. The molecule has 1 nitrogen and oxygen atoms in total. The normalized spacial score (nSPS) is 18.3. The minimum atomic E-state index is -2.48. The van der Waals surface area contributed by atoms with E-state index in [2.05, 4.69) is 26.8 Å². The first-order valence-corrected chi connectivity index (χ1v) is 9.04. The number of rotatable bonds is 2. The highest BCUT2D eigenvalue weighted by molar-refractivity contribution is 5.94. The molecule has 0 saturated carbocycles. The zero-order valence-corrected chi connectivity index (χ0v) is 16.8. The fourth-order valence-electron chi connectivity index (χ4n) is 3.35. The fourth-order valence-corrected chi connectivity index (χ4v) is 3.35. The molecule has 0 amide bonds. The maximum Gasteiger partial charge on any atom is 0.220 e. The second-order valence-corrected chi connectivity index (χ2v) is 8.25. The Bertz CT molecular complexity index is 1220. The Labute approximate surface area is 167 Å². The van der Waals surface area contributed by atoms with Gasteiger partial charge in [0.15, 0.2) is 6.17 Å². The van der Waals surface area contributed by atoms with Gasteiger partial charge in [-0.1, -0.05) is 52.7 Å². The van der Waals surface area contributed by atoms with Crippen LogP contribution in [-0.4, -0.2) is 0 Å². The monoisotopic (exact) mass is 352 g/mol. The van der Waals surface area contributed by atoms with Gasteiger partial charge in [0.25, 0.3) is 0 Å². The molecule has 1 heterocycles. The van der Waals surface area contributed by atoms with E-state index in [1.165, 1.54) is 6.92 Å². The van der Waals surface area contributed by atoms with Crippen LogP contribution in [0.1, 0.15) is 70.9 Å². The van der Waals surface area contributed by atoms with E-state index in [1.54, 1.807) is 23.7 Å². The Balaban J connectivity index is 2.45. The molecule has 136 valence electrons. The van der Waals surface area contributed by atoms with Crippen molar-refractivity contribution >= 4 is 10.8 Å². The predicted molar refractivity (Wildman–Crippen MR) is 113 cm³/mol. The van der Waals surface area contributed by atoms with Crippen LogP contribution >= 0.6 is 0 Å². The molecule has 1 atom stereocenters. The smallest absolute Gasteiger partial charge is 0.200 e. The van der Waals surface area contributed by atoms with Gasteiger partial charge < -0.3 is 0 Å². The molecular weight excluding hydrogens is 314 g/mol. The van der Waals surface area contributed by atoms with Gasteiger partial charge in [0.05, 0.1) is 12.3 Å². The lowest BCUT2D eigenvalue weighted by molar-refractivity contribution is -0.659. The number of aromatic nitrogens is 1. The van der Waals surface area contributed by atoms with Crippen LogP contribution in [0.25, 0.3) is 22.0 Å². The number of benzene rings is 2. The third kappa shape index (κ3) is 3.28. The molecule has 0 aliphatic carbocycles. The van der Waals surface area contributed by atoms with Crippen LogP contribution in [0.3, 0.4) is 0 Å². The minimum Gasteiger partial charge on any atom is -0.200 e. The molecule has 0 radical (unpaired) electrons. The number of hydrogen-bond acceptors (Lipinski definition) is 0. The van der Waals surface area contributed by atoms with Gasteiger partial charge in [0.1, 0.15) is 8.42 Å². The Kier molecular flexibility index (Phi) is 3.09. The van der Waals surface area contributed by atoms with Gasteiger partial charge in [-0.2, -0.15) is 0 Å². The summed E-state index contributed by atoms with van der Waals surface area (Å²) < 4.78 is 51.1. The summed E-state index contributed by atoms with van der Waals surface area (Å²) in [4.78, 5) is 0. The summed E-state index contributed by atoms with van der Waals surface area (Å²) in [6.45, 7) is 9.17. The average molecular weight is 353 g/mol. The lowest BCUT2D eigenvalue weighted by Gasteiger charge is -2.20. The molecule has 0 saturated heterocycles. The van der Waals surface area contributed by atoms with Crippen LogP contribution in [0.2, 0.25) is 0 Å². The highest BCUT2D eigenvalue weighted by Gasteiger charge is 2.21. The number of nitrogens with zero attached hydrogens (tertiary/aromatic N) is 1. The summed E-state index contributed by atoms with van der Waals surface area (Å²) in [5, 5.41) is 1.53. The largest absolute Gasteiger partial charge is 0.220 e. The van der Waals surface area contributed by atoms with Gasteiger partial charge >= 0.3 is 0 Å². The van der Waals surface area contributed by atoms with Gasteiger partial charge in [-0.15, -0.1) is 0 Å². The number of hydrogen-bond donors (Lipinski definition) is 0. The van der Waals surface area contributed by atoms with Crippen molar-refractivity contribution in [2.75, 3.05) is 0 Å². The predicted octanol–water partition coefficient (Wildman–Crippen LogP) is 6.37. The van der Waals surface area contributed by atoms with Gasteiger partial charge in [0, 0.05) is 11.5 Å². The van der Waals surface area contributed by atoms with Crippen molar-refractivity contribution in [3.63, 3.8) is 0 Å². The van der Waals surface area contributed by atoms with Crippen molar-refractivity contribution in [1.82, 2.24) is 0 Å². The molecule has 0 bridgehead atoms. The third-order valence-electron chi connectivity index (χ3n) is 5.19. The highest BCUT2D eigenvalue weighted by atomic mass is 14.9. The summed E-state index contributed by atoms with van der Waals surface area (Å²) in [5.41, 5.74) is 4.79. The quantitative estimate of drug-likeness (QED) is 0.472. The van der Waals surface area contributed by atoms with Crippen molar-refractivity contribution in [1.29, 1.82) is 0 Å². The first-order valence-electron chi connectivity index (χ1n) is 12.0. The van der Waals surface area contributed by atoms with Crippen LogP contribution in [0.15, 0.2) is 42.5 Å². The Morgan fingerprint density at radius 3 is 2.54 bits per heavy atom. The number of aryl methyl sites for hydroxylation is 1. The van der Waals surface area contributed by atoms with E-state index in [0.717, 1.165) is 33.3 Å². The van der Waals surface area contributed by atoms with Crippen molar-refractivity contribution in [2.45, 2.75) is 59.7 Å². The van der Waals surface area contributed by atoms with Gasteiger partial charge in [-0.25, -0.2) is 4.57 Å². The van der Waals surface area contributed by atoms with Crippen LogP contribution in [0.4, 0.5) is 0 Å². The average Bonchev–Trinajstić information content (AvgIpc) is 2.67. The molecule has 1 unspecified atom stereocenters.